The molecule has 0 radical (unpaired) electrons. The molecule has 1 amide bonds. The molecular weight excluding hydrogens is 522 g/mol. The molecule has 3 heterocycles. The summed E-state index contributed by atoms with van der Waals surface area (Å²) in [5.41, 5.74) is 2.14. The molecular formula is C28H24F2N6O4. The van der Waals surface area contributed by atoms with Gasteiger partial charge in [-0.3, -0.25) is 4.79 Å². The number of aryl methyl sites for hydroxylation is 1. The van der Waals surface area contributed by atoms with Gasteiger partial charge < -0.3 is 25.7 Å². The van der Waals surface area contributed by atoms with Gasteiger partial charge in [0.1, 0.15) is 12.1 Å². The summed E-state index contributed by atoms with van der Waals surface area (Å²) in [5, 5.41) is 32.2. The molecule has 0 aliphatic carbocycles. The summed E-state index contributed by atoms with van der Waals surface area (Å²) in [6, 6.07) is 13.6. The van der Waals surface area contributed by atoms with Crippen molar-refractivity contribution in [3.05, 3.63) is 101 Å². The van der Waals surface area contributed by atoms with Gasteiger partial charge in [0.15, 0.2) is 17.1 Å². The van der Waals surface area contributed by atoms with Crippen LogP contribution in [-0.4, -0.2) is 38.3 Å². The number of carbonyl (C=O) groups excluding carboxylic acids is 1. The molecule has 0 unspecified atom stereocenters. The van der Waals surface area contributed by atoms with Gasteiger partial charge in [-0.15, -0.1) is 0 Å². The largest absolute Gasteiger partial charge is 0.618 e. The number of nitrogens with zero attached hydrogens (tertiary/aromatic N) is 4. The zero-order chi connectivity index (χ0) is 28.4. The molecule has 3 N–H and O–H groups in total. The lowest BCUT2D eigenvalue weighted by Gasteiger charge is -2.14. The Kier molecular flexibility index (Phi) is 7.25. The molecule has 40 heavy (non-hydrogen) atoms. The van der Waals surface area contributed by atoms with Crippen LogP contribution in [0.15, 0.2) is 73.2 Å². The SMILES string of the molecule is Cc1ccc(C(=O)Nc2ccc(Oc3ncnn4ccc(N[C@H](C)CO)c34)c(F)c2)[n+]([O-])c1-c1ccc(F)cc1. The molecule has 3 aromatic heterocycles. The lowest BCUT2D eigenvalue weighted by molar-refractivity contribution is -0.596. The summed E-state index contributed by atoms with van der Waals surface area (Å²) in [7, 11) is 0. The van der Waals surface area contributed by atoms with E-state index in [1.54, 1.807) is 32.2 Å². The molecule has 1 atom stereocenters. The van der Waals surface area contributed by atoms with E-state index in [1.165, 1.54) is 53.3 Å². The standard InChI is InChI=1S/C28H24F2N6O4/c1-16-3-9-23(36(39)25(16)18-4-6-19(29)7-5-18)27(38)34-20-8-10-24(21(30)13-20)40-28-26-22(33-17(2)14-37)11-12-35(26)32-15-31-28/h3-13,15,17,33,37H,14H2,1-2H3,(H,34,38)/t17-/m1/s1. The van der Waals surface area contributed by atoms with Gasteiger partial charge in [0.05, 0.1) is 12.3 Å². The molecule has 5 rings (SSSR count). The molecule has 0 saturated heterocycles. The van der Waals surface area contributed by atoms with Crippen molar-refractivity contribution in [3.63, 3.8) is 0 Å². The van der Waals surface area contributed by atoms with Crippen LogP contribution >= 0.6 is 0 Å². The Balaban J connectivity index is 1.38. The highest BCUT2D eigenvalue weighted by molar-refractivity contribution is 6.02. The van der Waals surface area contributed by atoms with Crippen molar-refractivity contribution in [2.45, 2.75) is 19.9 Å². The number of anilines is 2. The summed E-state index contributed by atoms with van der Waals surface area (Å²) in [6.45, 7) is 3.38. The van der Waals surface area contributed by atoms with Crippen molar-refractivity contribution < 1.29 is 28.1 Å². The summed E-state index contributed by atoms with van der Waals surface area (Å²) in [4.78, 5) is 17.1. The number of aliphatic hydroxyl groups is 1. The van der Waals surface area contributed by atoms with Crippen LogP contribution in [0, 0.1) is 23.8 Å². The Morgan fingerprint density at radius 1 is 1.15 bits per heavy atom. The van der Waals surface area contributed by atoms with Crippen LogP contribution in [0.2, 0.25) is 0 Å². The first-order valence-electron chi connectivity index (χ1n) is 12.2. The van der Waals surface area contributed by atoms with Gasteiger partial charge in [0.25, 0.3) is 5.69 Å². The fraction of sp³-hybridized carbons (Fsp3) is 0.143. The maximum atomic E-state index is 15.1. The molecule has 10 nitrogen and oxygen atoms in total. The van der Waals surface area contributed by atoms with Crippen molar-refractivity contribution in [1.82, 2.24) is 14.6 Å². The average molecular weight is 547 g/mol. The first-order valence-corrected chi connectivity index (χ1v) is 12.2. The number of rotatable bonds is 8. The second kappa shape index (κ2) is 10.9. The van der Waals surface area contributed by atoms with E-state index < -0.39 is 17.5 Å². The summed E-state index contributed by atoms with van der Waals surface area (Å²) >= 11 is 0. The molecule has 12 heteroatoms. The number of benzene rings is 2. The van der Waals surface area contributed by atoms with Gasteiger partial charge in [0, 0.05) is 41.2 Å². The number of aromatic nitrogens is 4. The number of amides is 1. The van der Waals surface area contributed by atoms with Crippen molar-refractivity contribution in [3.8, 4) is 22.9 Å². The van der Waals surface area contributed by atoms with E-state index in [0.29, 0.717) is 27.1 Å². The van der Waals surface area contributed by atoms with Gasteiger partial charge >= 0.3 is 5.91 Å². The fourth-order valence-electron chi connectivity index (χ4n) is 4.14. The predicted molar refractivity (Wildman–Crippen MR) is 143 cm³/mol. The van der Waals surface area contributed by atoms with E-state index >= 15 is 4.39 Å². The molecule has 0 saturated carbocycles. The van der Waals surface area contributed by atoms with Gasteiger partial charge in [-0.25, -0.2) is 13.3 Å². The maximum absolute atomic E-state index is 15.1. The maximum Gasteiger partial charge on any atom is 0.321 e. The van der Waals surface area contributed by atoms with E-state index in [-0.39, 0.29) is 41.4 Å². The summed E-state index contributed by atoms with van der Waals surface area (Å²) < 4.78 is 36.1. The Hall–Kier alpha value is -5.10. The van der Waals surface area contributed by atoms with E-state index in [9.17, 15) is 19.5 Å². The van der Waals surface area contributed by atoms with Crippen molar-refractivity contribution in [2.24, 2.45) is 0 Å². The van der Waals surface area contributed by atoms with Gasteiger partial charge in [-0.2, -0.15) is 14.8 Å². The number of halogens is 2. The molecule has 204 valence electrons. The van der Waals surface area contributed by atoms with E-state index in [2.05, 4.69) is 20.7 Å². The topological polar surface area (TPSA) is 128 Å². The van der Waals surface area contributed by atoms with Crippen molar-refractivity contribution in [2.75, 3.05) is 17.2 Å². The van der Waals surface area contributed by atoms with Gasteiger partial charge in [-0.1, -0.05) is 0 Å². The Morgan fingerprint density at radius 2 is 1.93 bits per heavy atom. The van der Waals surface area contributed by atoms with Crippen LogP contribution in [0.4, 0.5) is 20.2 Å². The molecule has 0 bridgehead atoms. The minimum Gasteiger partial charge on any atom is -0.618 e. The number of aliphatic hydroxyl groups excluding tert-OH is 1. The predicted octanol–water partition coefficient (Wildman–Crippen LogP) is 4.45. The molecule has 0 spiro atoms. The highest BCUT2D eigenvalue weighted by Crippen LogP contribution is 2.32. The molecule has 2 aromatic carbocycles. The van der Waals surface area contributed by atoms with Crippen LogP contribution in [0.25, 0.3) is 16.8 Å². The Bertz CT molecular complexity index is 1710. The Morgan fingerprint density at radius 3 is 2.65 bits per heavy atom. The smallest absolute Gasteiger partial charge is 0.321 e. The quantitative estimate of drug-likeness (QED) is 0.194. The number of nitrogens with one attached hydrogen (secondary N) is 2. The minimum atomic E-state index is -0.787. The summed E-state index contributed by atoms with van der Waals surface area (Å²) in [6.07, 6.45) is 2.92. The third kappa shape index (κ3) is 5.24. The van der Waals surface area contributed by atoms with Crippen LogP contribution in [-0.2, 0) is 0 Å². The van der Waals surface area contributed by atoms with E-state index in [0.717, 1.165) is 6.07 Å². The first-order chi connectivity index (χ1) is 19.2. The highest BCUT2D eigenvalue weighted by Gasteiger charge is 2.23. The third-order valence-corrected chi connectivity index (χ3v) is 6.13. The summed E-state index contributed by atoms with van der Waals surface area (Å²) in [5.74, 6) is -2.08. The van der Waals surface area contributed by atoms with Crippen molar-refractivity contribution >= 4 is 22.8 Å². The number of ether oxygens (including phenoxy) is 1. The van der Waals surface area contributed by atoms with Crippen LogP contribution in [0.3, 0.4) is 0 Å². The van der Waals surface area contributed by atoms with Crippen molar-refractivity contribution in [1.29, 1.82) is 0 Å². The molecule has 0 aliphatic heterocycles. The van der Waals surface area contributed by atoms with Gasteiger partial charge in [-0.05, 0) is 62.4 Å². The number of fused-ring (bicyclic) bond motifs is 1. The fourth-order valence-corrected chi connectivity index (χ4v) is 4.14. The number of hydrogen-bond acceptors (Lipinski definition) is 7. The van der Waals surface area contributed by atoms with Gasteiger partial charge in [0.2, 0.25) is 11.6 Å². The minimum absolute atomic E-state index is 0.0729. The molecule has 0 fully saturated rings. The van der Waals surface area contributed by atoms with Crippen LogP contribution in [0.1, 0.15) is 23.0 Å². The van der Waals surface area contributed by atoms with E-state index in [1.807, 2.05) is 0 Å². The monoisotopic (exact) mass is 546 g/mol. The van der Waals surface area contributed by atoms with Crippen LogP contribution in [0.5, 0.6) is 11.6 Å². The average Bonchev–Trinajstić information content (AvgIpc) is 3.34. The highest BCUT2D eigenvalue weighted by atomic mass is 19.1. The van der Waals surface area contributed by atoms with Crippen LogP contribution < -0.4 is 20.1 Å². The number of pyridine rings is 1. The lowest BCUT2D eigenvalue weighted by Crippen LogP contribution is -2.39. The zero-order valence-corrected chi connectivity index (χ0v) is 21.4. The number of carbonyl (C=O) groups is 1. The molecule has 5 aromatic rings. The lowest BCUT2D eigenvalue weighted by atomic mass is 10.1. The van der Waals surface area contributed by atoms with E-state index in [4.69, 9.17) is 4.74 Å². The Labute approximate surface area is 227 Å². The molecule has 0 aliphatic rings. The third-order valence-electron chi connectivity index (χ3n) is 6.13. The first kappa shape index (κ1) is 26.5. The second-order valence-corrected chi connectivity index (χ2v) is 9.07. The second-order valence-electron chi connectivity index (χ2n) is 9.07. The number of hydrogen-bond donors (Lipinski definition) is 3. The zero-order valence-electron chi connectivity index (χ0n) is 21.4. The normalized spacial score (nSPS) is 11.8.